The van der Waals surface area contributed by atoms with E-state index in [2.05, 4.69) is 10.6 Å². The maximum Gasteiger partial charge on any atom is 0.407 e. The molecule has 0 fully saturated rings. The predicted molar refractivity (Wildman–Crippen MR) is 98.6 cm³/mol. The minimum atomic E-state index is -0.554. The Balaban J connectivity index is 1.92. The van der Waals surface area contributed by atoms with Gasteiger partial charge in [0.05, 0.1) is 0 Å². The highest BCUT2D eigenvalue weighted by molar-refractivity contribution is 6.04. The van der Waals surface area contributed by atoms with Gasteiger partial charge in [-0.05, 0) is 63.1 Å². The summed E-state index contributed by atoms with van der Waals surface area (Å²) in [6, 6.07) is 11.3. The number of hydrogen-bond acceptors (Lipinski definition) is 3. The van der Waals surface area contributed by atoms with Gasteiger partial charge in [0, 0.05) is 17.8 Å². The Hall–Kier alpha value is -2.89. The first kappa shape index (κ1) is 19.4. The molecular formula is C20H23FN2O3. The Labute approximate surface area is 152 Å². The number of carbonyl (C=O) groups excluding carboxylic acids is 2. The number of carbonyl (C=O) groups is 2. The van der Waals surface area contributed by atoms with Crippen LogP contribution in [0.5, 0.6) is 0 Å². The van der Waals surface area contributed by atoms with E-state index in [4.69, 9.17) is 4.74 Å². The fraction of sp³-hybridized carbons (Fsp3) is 0.300. The summed E-state index contributed by atoms with van der Waals surface area (Å²) in [6.45, 7) is 7.32. The quantitative estimate of drug-likeness (QED) is 0.851. The lowest BCUT2D eigenvalue weighted by atomic mass is 10.1. The number of benzene rings is 2. The number of rotatable bonds is 4. The normalized spacial score (nSPS) is 11.0. The Kier molecular flexibility index (Phi) is 5.97. The van der Waals surface area contributed by atoms with Crippen molar-refractivity contribution in [3.8, 4) is 0 Å². The lowest BCUT2D eigenvalue weighted by Gasteiger charge is -2.19. The second-order valence-corrected chi connectivity index (χ2v) is 6.97. The fourth-order valence-electron chi connectivity index (χ4n) is 2.14. The van der Waals surface area contributed by atoms with Crippen molar-refractivity contribution in [2.24, 2.45) is 0 Å². The van der Waals surface area contributed by atoms with Crippen LogP contribution < -0.4 is 10.6 Å². The lowest BCUT2D eigenvalue weighted by molar-refractivity contribution is 0.0523. The molecular weight excluding hydrogens is 335 g/mol. The maximum atomic E-state index is 13.5. The van der Waals surface area contributed by atoms with E-state index in [-0.39, 0.29) is 11.7 Å². The number of hydrogen-bond donors (Lipinski definition) is 2. The molecule has 0 spiro atoms. The third-order valence-corrected chi connectivity index (χ3v) is 3.48. The Morgan fingerprint density at radius 1 is 1.08 bits per heavy atom. The van der Waals surface area contributed by atoms with E-state index in [0.29, 0.717) is 23.4 Å². The van der Waals surface area contributed by atoms with Crippen molar-refractivity contribution < 1.29 is 18.7 Å². The third-order valence-electron chi connectivity index (χ3n) is 3.48. The van der Waals surface area contributed by atoms with Gasteiger partial charge in [-0.1, -0.05) is 18.2 Å². The molecule has 2 aromatic carbocycles. The SMILES string of the molecule is Cc1ccc(NC(=O)c2ccc(CNC(=O)OC(C)(C)C)cc2)cc1F. The van der Waals surface area contributed by atoms with Crippen LogP contribution in [-0.4, -0.2) is 17.6 Å². The van der Waals surface area contributed by atoms with Crippen LogP contribution in [0.15, 0.2) is 42.5 Å². The summed E-state index contributed by atoms with van der Waals surface area (Å²) >= 11 is 0. The Morgan fingerprint density at radius 2 is 1.73 bits per heavy atom. The Morgan fingerprint density at radius 3 is 2.31 bits per heavy atom. The minimum absolute atomic E-state index is 0.292. The largest absolute Gasteiger partial charge is 0.444 e. The highest BCUT2D eigenvalue weighted by Crippen LogP contribution is 2.15. The van der Waals surface area contributed by atoms with Gasteiger partial charge in [0.2, 0.25) is 0 Å². The summed E-state index contributed by atoms with van der Waals surface area (Å²) < 4.78 is 18.7. The Bertz CT molecular complexity index is 796. The van der Waals surface area contributed by atoms with Crippen LogP contribution in [0.1, 0.15) is 42.3 Å². The molecule has 2 N–H and O–H groups in total. The van der Waals surface area contributed by atoms with Crippen LogP contribution >= 0.6 is 0 Å². The molecule has 0 bridgehead atoms. The molecule has 138 valence electrons. The average molecular weight is 358 g/mol. The molecule has 0 aliphatic heterocycles. The molecule has 0 aliphatic rings. The fourth-order valence-corrected chi connectivity index (χ4v) is 2.14. The smallest absolute Gasteiger partial charge is 0.407 e. The van der Waals surface area contributed by atoms with Gasteiger partial charge in [-0.2, -0.15) is 0 Å². The molecule has 2 rings (SSSR count). The average Bonchev–Trinajstić information content (AvgIpc) is 2.55. The zero-order valence-electron chi connectivity index (χ0n) is 15.4. The van der Waals surface area contributed by atoms with Gasteiger partial charge in [-0.25, -0.2) is 9.18 Å². The van der Waals surface area contributed by atoms with E-state index in [1.165, 1.54) is 6.07 Å². The van der Waals surface area contributed by atoms with Gasteiger partial charge in [0.25, 0.3) is 5.91 Å². The number of nitrogens with one attached hydrogen (secondary N) is 2. The van der Waals surface area contributed by atoms with Crippen molar-refractivity contribution in [1.82, 2.24) is 5.32 Å². The summed E-state index contributed by atoms with van der Waals surface area (Å²) in [5, 5.41) is 5.31. The van der Waals surface area contributed by atoms with E-state index >= 15 is 0 Å². The summed E-state index contributed by atoms with van der Waals surface area (Å²) in [6.07, 6.45) is -0.499. The van der Waals surface area contributed by atoms with Crippen LogP contribution in [0, 0.1) is 12.7 Å². The molecule has 0 aliphatic carbocycles. The number of ether oxygens (including phenoxy) is 1. The first-order valence-corrected chi connectivity index (χ1v) is 8.27. The van der Waals surface area contributed by atoms with Crippen molar-refractivity contribution in [2.75, 3.05) is 5.32 Å². The maximum absolute atomic E-state index is 13.5. The van der Waals surface area contributed by atoms with E-state index in [1.807, 2.05) is 0 Å². The first-order valence-electron chi connectivity index (χ1n) is 8.27. The van der Waals surface area contributed by atoms with Gasteiger partial charge < -0.3 is 15.4 Å². The summed E-state index contributed by atoms with van der Waals surface area (Å²) in [5.41, 5.74) is 1.63. The molecule has 0 atom stereocenters. The standard InChI is InChI=1S/C20H23FN2O3/c1-13-5-10-16(11-17(13)21)23-18(24)15-8-6-14(7-9-15)12-22-19(25)26-20(2,3)4/h5-11H,12H2,1-4H3,(H,22,25)(H,23,24). The molecule has 0 saturated heterocycles. The monoisotopic (exact) mass is 358 g/mol. The van der Waals surface area contributed by atoms with Gasteiger partial charge in [0.15, 0.2) is 0 Å². The minimum Gasteiger partial charge on any atom is -0.444 e. The molecule has 0 aromatic heterocycles. The zero-order chi connectivity index (χ0) is 19.3. The number of halogens is 1. The van der Waals surface area contributed by atoms with Crippen molar-refractivity contribution in [2.45, 2.75) is 39.8 Å². The molecule has 0 radical (unpaired) electrons. The topological polar surface area (TPSA) is 67.4 Å². The van der Waals surface area contributed by atoms with Gasteiger partial charge in [-0.15, -0.1) is 0 Å². The highest BCUT2D eigenvalue weighted by Gasteiger charge is 2.15. The van der Waals surface area contributed by atoms with E-state index in [9.17, 15) is 14.0 Å². The molecule has 2 aromatic rings. The third kappa shape index (κ3) is 5.88. The molecule has 0 heterocycles. The van der Waals surface area contributed by atoms with Crippen molar-refractivity contribution in [3.63, 3.8) is 0 Å². The number of amides is 2. The predicted octanol–water partition coefficient (Wildman–Crippen LogP) is 4.41. The highest BCUT2D eigenvalue weighted by atomic mass is 19.1. The van der Waals surface area contributed by atoms with Crippen LogP contribution in [0.3, 0.4) is 0 Å². The van der Waals surface area contributed by atoms with Crippen molar-refractivity contribution in [1.29, 1.82) is 0 Å². The molecule has 0 saturated carbocycles. The summed E-state index contributed by atoms with van der Waals surface area (Å²) in [4.78, 5) is 23.9. The second kappa shape index (κ2) is 7.99. The van der Waals surface area contributed by atoms with Gasteiger partial charge >= 0.3 is 6.09 Å². The van der Waals surface area contributed by atoms with Crippen LogP contribution in [0.25, 0.3) is 0 Å². The molecule has 5 nitrogen and oxygen atoms in total. The van der Waals surface area contributed by atoms with Crippen molar-refractivity contribution >= 4 is 17.7 Å². The van der Waals surface area contributed by atoms with Crippen molar-refractivity contribution in [3.05, 3.63) is 65.0 Å². The molecule has 6 heteroatoms. The first-order chi connectivity index (χ1) is 12.1. The van der Waals surface area contributed by atoms with Gasteiger partial charge in [0.1, 0.15) is 11.4 Å². The van der Waals surface area contributed by atoms with Gasteiger partial charge in [-0.3, -0.25) is 4.79 Å². The summed E-state index contributed by atoms with van der Waals surface area (Å²) in [5.74, 6) is -0.703. The zero-order valence-corrected chi connectivity index (χ0v) is 15.4. The number of aryl methyl sites for hydroxylation is 1. The van der Waals surface area contributed by atoms with Crippen LogP contribution in [0.4, 0.5) is 14.9 Å². The number of alkyl carbamates (subject to hydrolysis) is 1. The number of anilines is 1. The summed E-state index contributed by atoms with van der Waals surface area (Å²) in [7, 11) is 0. The van der Waals surface area contributed by atoms with E-state index < -0.39 is 11.7 Å². The van der Waals surface area contributed by atoms with Crippen LogP contribution in [-0.2, 0) is 11.3 Å². The van der Waals surface area contributed by atoms with E-state index in [1.54, 1.807) is 64.1 Å². The lowest BCUT2D eigenvalue weighted by Crippen LogP contribution is -2.32. The van der Waals surface area contributed by atoms with E-state index in [0.717, 1.165) is 5.56 Å². The molecule has 0 unspecified atom stereocenters. The van der Waals surface area contributed by atoms with Crippen LogP contribution in [0.2, 0.25) is 0 Å². The molecule has 26 heavy (non-hydrogen) atoms. The molecule has 2 amide bonds. The second-order valence-electron chi connectivity index (χ2n) is 6.97.